The number of methoxy groups -OCH3 is 1. The summed E-state index contributed by atoms with van der Waals surface area (Å²) < 4.78 is 46.2. The average Bonchev–Trinajstić information content (AvgIpc) is 3.22. The normalized spacial score (nSPS) is 21.8. The van der Waals surface area contributed by atoms with Crippen LogP contribution in [0, 0.1) is 0 Å². The third kappa shape index (κ3) is 4.63. The van der Waals surface area contributed by atoms with Crippen molar-refractivity contribution in [3.63, 3.8) is 0 Å². The fourth-order valence-electron chi connectivity index (χ4n) is 3.89. The van der Waals surface area contributed by atoms with Gasteiger partial charge in [-0.1, -0.05) is 12.1 Å². The third-order valence-corrected chi connectivity index (χ3v) is 8.93. The number of aromatic nitrogens is 1. The first-order valence-corrected chi connectivity index (χ1v) is 12.4. The number of thiophene rings is 1. The first kappa shape index (κ1) is 21.9. The van der Waals surface area contributed by atoms with Gasteiger partial charge in [0.2, 0.25) is 0 Å². The monoisotopic (exact) mass is 462 g/mol. The Morgan fingerprint density at radius 2 is 2.03 bits per heavy atom. The molecule has 0 radical (unpaired) electrons. The smallest absolute Gasteiger partial charge is 0.261 e. The maximum absolute atomic E-state index is 13.9. The molecule has 164 valence electrons. The van der Waals surface area contributed by atoms with Gasteiger partial charge in [-0.05, 0) is 54.5 Å². The predicted octanol–water partition coefficient (Wildman–Crippen LogP) is 3.91. The molecular weight excluding hydrogens is 439 g/mol. The van der Waals surface area contributed by atoms with Crippen LogP contribution in [0.25, 0.3) is 10.1 Å². The summed E-state index contributed by atoms with van der Waals surface area (Å²) in [6, 6.07) is 10.0. The Labute approximate surface area is 184 Å². The molecule has 0 bridgehead atoms. The first-order chi connectivity index (χ1) is 14.9. The van der Waals surface area contributed by atoms with Gasteiger partial charge in [0.1, 0.15) is 6.17 Å². The van der Waals surface area contributed by atoms with Crippen molar-refractivity contribution in [1.29, 1.82) is 0 Å². The zero-order valence-corrected chi connectivity index (χ0v) is 18.6. The summed E-state index contributed by atoms with van der Waals surface area (Å²) >= 11 is 1.37. The number of hydrogen-bond donors (Lipinski definition) is 1. The van der Waals surface area contributed by atoms with Gasteiger partial charge in [-0.3, -0.25) is 9.78 Å². The lowest BCUT2D eigenvalue weighted by molar-refractivity contribution is 0.0520. The van der Waals surface area contributed by atoms with E-state index in [0.29, 0.717) is 17.7 Å². The number of halogens is 1. The summed E-state index contributed by atoms with van der Waals surface area (Å²) in [6.45, 7) is 0.266. The number of carbonyl (C=O) groups excluding carboxylic acids is 1. The fraction of sp³-hybridized carbons (Fsp3) is 0.364. The van der Waals surface area contributed by atoms with Crippen molar-refractivity contribution in [3.05, 3.63) is 59.2 Å². The van der Waals surface area contributed by atoms with E-state index in [9.17, 15) is 17.6 Å². The van der Waals surface area contributed by atoms with E-state index in [-0.39, 0.29) is 23.8 Å². The Morgan fingerprint density at radius 3 is 2.74 bits per heavy atom. The van der Waals surface area contributed by atoms with Crippen molar-refractivity contribution in [2.45, 2.75) is 48.2 Å². The number of ether oxygens (including phenoxy) is 1. The molecule has 4 rings (SSSR count). The van der Waals surface area contributed by atoms with E-state index in [1.165, 1.54) is 30.6 Å². The highest BCUT2D eigenvalue weighted by molar-refractivity contribution is 7.92. The van der Waals surface area contributed by atoms with Crippen LogP contribution in [0.4, 0.5) is 4.39 Å². The lowest BCUT2D eigenvalue weighted by Crippen LogP contribution is -2.41. The molecule has 1 aromatic carbocycles. The van der Waals surface area contributed by atoms with Gasteiger partial charge < -0.3 is 10.1 Å². The van der Waals surface area contributed by atoms with Crippen LogP contribution in [0.1, 0.15) is 34.5 Å². The SMILES string of the molecule is COC1CCC(F)CC1S(=O)(=O)c1ccc(CNC(=O)c2cc3ccncc3s2)cc1. The molecule has 6 nitrogen and oxygen atoms in total. The van der Waals surface area contributed by atoms with Crippen molar-refractivity contribution < 1.29 is 22.3 Å². The van der Waals surface area contributed by atoms with Gasteiger partial charge in [-0.2, -0.15) is 0 Å². The van der Waals surface area contributed by atoms with Crippen LogP contribution in [-0.2, 0) is 21.1 Å². The zero-order valence-electron chi connectivity index (χ0n) is 17.0. The summed E-state index contributed by atoms with van der Waals surface area (Å²) in [5.74, 6) is -0.197. The van der Waals surface area contributed by atoms with E-state index >= 15 is 0 Å². The molecule has 1 aliphatic carbocycles. The summed E-state index contributed by atoms with van der Waals surface area (Å²) in [5.41, 5.74) is 0.769. The number of nitrogens with one attached hydrogen (secondary N) is 1. The highest BCUT2D eigenvalue weighted by Crippen LogP contribution is 2.32. The van der Waals surface area contributed by atoms with E-state index in [1.807, 2.05) is 12.1 Å². The van der Waals surface area contributed by atoms with Crippen LogP contribution in [0.3, 0.4) is 0 Å². The molecule has 9 heteroatoms. The number of nitrogens with zero attached hydrogens (tertiary/aromatic N) is 1. The van der Waals surface area contributed by atoms with E-state index in [2.05, 4.69) is 10.3 Å². The van der Waals surface area contributed by atoms with Crippen LogP contribution in [0.2, 0.25) is 0 Å². The Bertz CT molecular complexity index is 1140. The van der Waals surface area contributed by atoms with Crippen LogP contribution in [0.15, 0.2) is 53.7 Å². The molecule has 2 aromatic heterocycles. The van der Waals surface area contributed by atoms with E-state index in [0.717, 1.165) is 15.6 Å². The Hall–Kier alpha value is -2.36. The Balaban J connectivity index is 1.43. The standard InChI is InChI=1S/C22H23FN2O4S2/c1-29-18-7-4-16(23)11-21(18)31(27,28)17-5-2-14(3-6-17)12-25-22(26)19-10-15-8-9-24-13-20(15)30-19/h2-3,5-6,8-10,13,16,18,21H,4,7,11-12H2,1H3,(H,25,26). The molecule has 3 unspecified atom stereocenters. The highest BCUT2D eigenvalue weighted by atomic mass is 32.2. The number of fused-ring (bicyclic) bond motifs is 1. The van der Waals surface area contributed by atoms with E-state index in [4.69, 9.17) is 4.74 Å². The largest absolute Gasteiger partial charge is 0.380 e. The molecular formula is C22H23FN2O4S2. The second-order valence-electron chi connectivity index (χ2n) is 7.62. The molecule has 3 atom stereocenters. The van der Waals surface area contributed by atoms with Crippen LogP contribution in [-0.4, -0.2) is 43.9 Å². The molecule has 1 amide bonds. The molecule has 0 aliphatic heterocycles. The molecule has 1 N–H and O–H groups in total. The second kappa shape index (κ2) is 9.02. The molecule has 3 aromatic rings. The van der Waals surface area contributed by atoms with E-state index < -0.39 is 27.4 Å². The molecule has 31 heavy (non-hydrogen) atoms. The van der Waals surface area contributed by atoms with Crippen LogP contribution < -0.4 is 5.32 Å². The number of hydrogen-bond acceptors (Lipinski definition) is 6. The number of amides is 1. The number of sulfone groups is 1. The number of pyridine rings is 1. The van der Waals surface area contributed by atoms with Crippen LogP contribution >= 0.6 is 11.3 Å². The van der Waals surface area contributed by atoms with Gasteiger partial charge in [0, 0.05) is 26.0 Å². The van der Waals surface area contributed by atoms with Gasteiger partial charge in [0.25, 0.3) is 5.91 Å². The van der Waals surface area contributed by atoms with E-state index in [1.54, 1.807) is 24.5 Å². The highest BCUT2D eigenvalue weighted by Gasteiger charge is 2.40. The molecule has 1 aliphatic rings. The minimum Gasteiger partial charge on any atom is -0.380 e. The minimum atomic E-state index is -3.72. The quantitative estimate of drug-likeness (QED) is 0.600. The second-order valence-corrected chi connectivity index (χ2v) is 10.9. The van der Waals surface area contributed by atoms with Crippen molar-refractivity contribution in [2.75, 3.05) is 7.11 Å². The summed E-state index contributed by atoms with van der Waals surface area (Å²) in [5, 5.41) is 2.92. The maximum Gasteiger partial charge on any atom is 0.261 e. The summed E-state index contributed by atoms with van der Waals surface area (Å²) in [4.78, 5) is 17.2. The predicted molar refractivity (Wildman–Crippen MR) is 118 cm³/mol. The average molecular weight is 463 g/mol. The minimum absolute atomic E-state index is 0.0522. The number of alkyl halides is 1. The molecule has 0 spiro atoms. The number of carbonyl (C=O) groups is 1. The topological polar surface area (TPSA) is 85.4 Å². The lowest BCUT2D eigenvalue weighted by atomic mass is 9.95. The lowest BCUT2D eigenvalue weighted by Gasteiger charge is -2.31. The van der Waals surface area contributed by atoms with Gasteiger partial charge in [-0.15, -0.1) is 11.3 Å². The number of rotatable bonds is 6. The van der Waals surface area contributed by atoms with Gasteiger partial charge in [-0.25, -0.2) is 12.8 Å². The third-order valence-electron chi connectivity index (χ3n) is 5.62. The van der Waals surface area contributed by atoms with Gasteiger partial charge >= 0.3 is 0 Å². The zero-order chi connectivity index (χ0) is 22.0. The summed E-state index contributed by atoms with van der Waals surface area (Å²) in [7, 11) is -2.26. The first-order valence-electron chi connectivity index (χ1n) is 10.00. The fourth-order valence-corrected chi connectivity index (χ4v) is 6.81. The van der Waals surface area contributed by atoms with Crippen molar-refractivity contribution in [3.8, 4) is 0 Å². The number of benzene rings is 1. The Kier molecular flexibility index (Phi) is 6.36. The Morgan fingerprint density at radius 1 is 1.26 bits per heavy atom. The van der Waals surface area contributed by atoms with Gasteiger partial charge in [0.05, 0.1) is 25.8 Å². The summed E-state index contributed by atoms with van der Waals surface area (Å²) in [6.07, 6.45) is 2.42. The van der Waals surface area contributed by atoms with Crippen molar-refractivity contribution in [1.82, 2.24) is 10.3 Å². The van der Waals surface area contributed by atoms with Gasteiger partial charge in [0.15, 0.2) is 9.84 Å². The van der Waals surface area contributed by atoms with Crippen molar-refractivity contribution >= 4 is 37.2 Å². The molecule has 1 saturated carbocycles. The molecule has 0 saturated heterocycles. The van der Waals surface area contributed by atoms with Crippen LogP contribution in [0.5, 0.6) is 0 Å². The van der Waals surface area contributed by atoms with Crippen molar-refractivity contribution in [2.24, 2.45) is 0 Å². The maximum atomic E-state index is 13.9. The molecule has 1 fully saturated rings. The molecule has 2 heterocycles.